The Morgan fingerprint density at radius 2 is 0.698 bits per heavy atom. The lowest BCUT2D eigenvalue weighted by Gasteiger charge is -2.28. The largest absolute Gasteiger partial charge is 0.310 e. The first-order valence-corrected chi connectivity index (χ1v) is 18.2. The van der Waals surface area contributed by atoms with Gasteiger partial charge >= 0.3 is 0 Å². The average Bonchev–Trinajstić information content (AvgIpc) is 3.25. The highest BCUT2D eigenvalue weighted by molar-refractivity contribution is 5.97. The maximum atomic E-state index is 2.38. The number of nitrogens with zero attached hydrogens (tertiary/aromatic N) is 1. The molecule has 0 amide bonds. The highest BCUT2D eigenvalue weighted by atomic mass is 15.1. The lowest BCUT2D eigenvalue weighted by molar-refractivity contribution is 1.28. The van der Waals surface area contributed by atoms with E-state index in [4.69, 9.17) is 0 Å². The fourth-order valence-corrected chi connectivity index (χ4v) is 7.48. The molecule has 0 fully saturated rings. The Bertz CT molecular complexity index is 2620. The summed E-state index contributed by atoms with van der Waals surface area (Å²) in [6.45, 7) is 0. The Morgan fingerprint density at radius 3 is 1.36 bits per heavy atom. The molecule has 0 heterocycles. The summed E-state index contributed by atoms with van der Waals surface area (Å²) in [7, 11) is 0. The number of para-hydroxylation sites is 1. The van der Waals surface area contributed by atoms with Crippen molar-refractivity contribution in [2.75, 3.05) is 4.90 Å². The van der Waals surface area contributed by atoms with Gasteiger partial charge in [0.25, 0.3) is 0 Å². The number of hydrogen-bond donors (Lipinski definition) is 0. The van der Waals surface area contributed by atoms with Crippen LogP contribution in [0.5, 0.6) is 0 Å². The molecule has 0 aliphatic carbocycles. The van der Waals surface area contributed by atoms with Crippen LogP contribution in [0.1, 0.15) is 0 Å². The zero-order chi connectivity index (χ0) is 35.4. The molecule has 9 aromatic rings. The second-order valence-electron chi connectivity index (χ2n) is 13.3. The van der Waals surface area contributed by atoms with E-state index in [1.165, 1.54) is 66.4 Å². The molecule has 0 aliphatic heterocycles. The van der Waals surface area contributed by atoms with Crippen LogP contribution in [0.4, 0.5) is 17.1 Å². The highest BCUT2D eigenvalue weighted by Crippen LogP contribution is 2.43. The number of hydrogen-bond acceptors (Lipinski definition) is 1. The Morgan fingerprint density at radius 1 is 0.245 bits per heavy atom. The van der Waals surface area contributed by atoms with Gasteiger partial charge < -0.3 is 4.90 Å². The van der Waals surface area contributed by atoms with Gasteiger partial charge in [-0.15, -0.1) is 0 Å². The van der Waals surface area contributed by atoms with Crippen molar-refractivity contribution in [3.8, 4) is 55.6 Å². The van der Waals surface area contributed by atoms with Crippen LogP contribution >= 0.6 is 0 Å². The number of anilines is 3. The van der Waals surface area contributed by atoms with Crippen molar-refractivity contribution < 1.29 is 0 Å². The maximum absolute atomic E-state index is 2.38. The van der Waals surface area contributed by atoms with E-state index in [2.05, 4.69) is 229 Å². The Balaban J connectivity index is 1.14. The second kappa shape index (κ2) is 14.3. The van der Waals surface area contributed by atoms with Crippen molar-refractivity contribution >= 4 is 27.8 Å². The SMILES string of the molecule is c1ccc(-c2ccc(-c3ccc(N(c4ccc(-c5cccc6ccccc56)cc4)c4ccccc4-c4ccccc4)cc3)cc2-c2ccccc2)cc1. The molecule has 0 aliphatic rings. The quantitative estimate of drug-likeness (QED) is 0.155. The third-order valence-corrected chi connectivity index (χ3v) is 10.1. The number of fused-ring (bicyclic) bond motifs is 1. The maximum Gasteiger partial charge on any atom is 0.0540 e. The van der Waals surface area contributed by atoms with Crippen molar-refractivity contribution in [2.45, 2.75) is 0 Å². The lowest BCUT2D eigenvalue weighted by atomic mass is 9.91. The van der Waals surface area contributed by atoms with Crippen molar-refractivity contribution in [1.82, 2.24) is 0 Å². The van der Waals surface area contributed by atoms with Crippen LogP contribution in [0.2, 0.25) is 0 Å². The Labute approximate surface area is 311 Å². The third-order valence-electron chi connectivity index (χ3n) is 10.1. The second-order valence-corrected chi connectivity index (χ2v) is 13.3. The van der Waals surface area contributed by atoms with Crippen LogP contribution in [-0.2, 0) is 0 Å². The van der Waals surface area contributed by atoms with E-state index in [1.807, 2.05) is 0 Å². The van der Waals surface area contributed by atoms with E-state index in [9.17, 15) is 0 Å². The first-order valence-electron chi connectivity index (χ1n) is 18.2. The average molecular weight is 676 g/mol. The summed E-state index contributed by atoms with van der Waals surface area (Å²) in [5, 5.41) is 2.51. The molecule has 0 bridgehead atoms. The van der Waals surface area contributed by atoms with Gasteiger partial charge in [-0.2, -0.15) is 0 Å². The van der Waals surface area contributed by atoms with E-state index in [0.29, 0.717) is 0 Å². The first kappa shape index (κ1) is 32.0. The molecule has 0 saturated heterocycles. The van der Waals surface area contributed by atoms with Crippen molar-refractivity contribution in [1.29, 1.82) is 0 Å². The molecule has 1 heteroatoms. The van der Waals surface area contributed by atoms with Gasteiger partial charge in [0.2, 0.25) is 0 Å². The summed E-state index contributed by atoms with van der Waals surface area (Å²) in [6, 6.07) is 80.7. The van der Waals surface area contributed by atoms with Crippen molar-refractivity contribution in [3.05, 3.63) is 224 Å². The predicted molar refractivity (Wildman–Crippen MR) is 226 cm³/mol. The molecule has 0 spiro atoms. The summed E-state index contributed by atoms with van der Waals surface area (Å²) in [5.74, 6) is 0. The summed E-state index contributed by atoms with van der Waals surface area (Å²) < 4.78 is 0. The van der Waals surface area contributed by atoms with Crippen LogP contribution < -0.4 is 4.90 Å². The molecule has 1 nitrogen and oxygen atoms in total. The molecule has 0 saturated carbocycles. The fourth-order valence-electron chi connectivity index (χ4n) is 7.48. The van der Waals surface area contributed by atoms with Gasteiger partial charge in [0, 0.05) is 16.9 Å². The molecular formula is C52H37N. The van der Waals surface area contributed by atoms with Gasteiger partial charge in [-0.3, -0.25) is 0 Å². The molecule has 0 N–H and O–H groups in total. The Hall–Kier alpha value is -6.96. The van der Waals surface area contributed by atoms with E-state index >= 15 is 0 Å². The molecule has 53 heavy (non-hydrogen) atoms. The molecule has 0 unspecified atom stereocenters. The van der Waals surface area contributed by atoms with Crippen molar-refractivity contribution in [3.63, 3.8) is 0 Å². The van der Waals surface area contributed by atoms with E-state index in [1.54, 1.807) is 0 Å². The van der Waals surface area contributed by atoms with Crippen molar-refractivity contribution in [2.24, 2.45) is 0 Å². The van der Waals surface area contributed by atoms with Gasteiger partial charge in [-0.05, 0) is 97.2 Å². The molecule has 0 atom stereocenters. The van der Waals surface area contributed by atoms with Crippen LogP contribution in [0.3, 0.4) is 0 Å². The minimum Gasteiger partial charge on any atom is -0.310 e. The first-order chi connectivity index (χ1) is 26.3. The molecule has 250 valence electrons. The van der Waals surface area contributed by atoms with Crippen LogP contribution in [0, 0.1) is 0 Å². The van der Waals surface area contributed by atoms with E-state index in [-0.39, 0.29) is 0 Å². The molecular weight excluding hydrogens is 639 g/mol. The van der Waals surface area contributed by atoms with E-state index < -0.39 is 0 Å². The van der Waals surface area contributed by atoms with Crippen LogP contribution in [0.25, 0.3) is 66.4 Å². The summed E-state index contributed by atoms with van der Waals surface area (Å²) in [5.41, 5.74) is 15.4. The minimum atomic E-state index is 1.10. The van der Waals surface area contributed by atoms with Gasteiger partial charge in [-0.1, -0.05) is 188 Å². The Kier molecular flexibility index (Phi) is 8.66. The third kappa shape index (κ3) is 6.42. The van der Waals surface area contributed by atoms with E-state index in [0.717, 1.165) is 17.1 Å². The standard InChI is InChI=1S/C52H37N/c1-4-15-39(16-5-1)49-36-31-44(37-51(49)42-19-8-3-9-20-42)38-27-32-45(33-28-38)53(52-26-13-12-24-50(52)41-17-6-2-7-18-41)46-34-29-43(30-35-46)48-25-14-22-40-21-10-11-23-47(40)48/h1-37H. The van der Waals surface area contributed by atoms with Crippen LogP contribution in [0.15, 0.2) is 224 Å². The normalized spacial score (nSPS) is 11.0. The van der Waals surface area contributed by atoms with Gasteiger partial charge in [0.05, 0.1) is 5.69 Å². The molecule has 0 aromatic heterocycles. The molecule has 9 aromatic carbocycles. The number of benzene rings is 9. The zero-order valence-electron chi connectivity index (χ0n) is 29.3. The fraction of sp³-hybridized carbons (Fsp3) is 0. The zero-order valence-corrected chi connectivity index (χ0v) is 29.3. The molecule has 9 rings (SSSR count). The minimum absolute atomic E-state index is 1.10. The highest BCUT2D eigenvalue weighted by Gasteiger charge is 2.18. The van der Waals surface area contributed by atoms with Gasteiger partial charge in [-0.25, -0.2) is 0 Å². The smallest absolute Gasteiger partial charge is 0.0540 e. The number of rotatable bonds is 8. The summed E-state index contributed by atoms with van der Waals surface area (Å²) in [6.07, 6.45) is 0. The molecule has 0 radical (unpaired) electrons. The summed E-state index contributed by atoms with van der Waals surface area (Å²) in [4.78, 5) is 2.38. The van der Waals surface area contributed by atoms with Gasteiger partial charge in [0.15, 0.2) is 0 Å². The van der Waals surface area contributed by atoms with Crippen LogP contribution in [-0.4, -0.2) is 0 Å². The predicted octanol–water partition coefficient (Wildman–Crippen LogP) is 14.6. The monoisotopic (exact) mass is 675 g/mol. The van der Waals surface area contributed by atoms with Gasteiger partial charge in [0.1, 0.15) is 0 Å². The summed E-state index contributed by atoms with van der Waals surface area (Å²) >= 11 is 0. The topological polar surface area (TPSA) is 3.24 Å². The lowest BCUT2D eigenvalue weighted by Crippen LogP contribution is -2.11.